The molecule has 20 heavy (non-hydrogen) atoms. The lowest BCUT2D eigenvalue weighted by molar-refractivity contribution is 0.100. The lowest BCUT2D eigenvalue weighted by Gasteiger charge is -2.32. The largest absolute Gasteiger partial charge is 0.490 e. The highest BCUT2D eigenvalue weighted by Crippen LogP contribution is 2.32. The van der Waals surface area contributed by atoms with Gasteiger partial charge in [-0.05, 0) is 43.2 Å². The predicted molar refractivity (Wildman–Crippen MR) is 80.6 cm³/mol. The van der Waals surface area contributed by atoms with Crippen molar-refractivity contribution in [1.29, 1.82) is 0 Å². The standard InChI is InChI=1S/C17H20ClFO/c1-12-5-7-15(10-13(12)2)20-16-8-6-14(4-3-9-18)17(19)11-16/h6,8,11-13,15H,5,7,9-10H2,1-2H3. The smallest absolute Gasteiger partial charge is 0.142 e. The van der Waals surface area contributed by atoms with Crippen LogP contribution in [0, 0.1) is 29.5 Å². The lowest BCUT2D eigenvalue weighted by Crippen LogP contribution is -2.28. The van der Waals surface area contributed by atoms with Gasteiger partial charge >= 0.3 is 0 Å². The topological polar surface area (TPSA) is 9.23 Å². The third-order valence-electron chi connectivity index (χ3n) is 4.08. The molecule has 1 saturated carbocycles. The number of hydrogen-bond acceptors (Lipinski definition) is 1. The lowest BCUT2D eigenvalue weighted by atomic mass is 9.80. The summed E-state index contributed by atoms with van der Waals surface area (Å²) < 4.78 is 19.7. The molecule has 1 aliphatic rings. The van der Waals surface area contributed by atoms with Gasteiger partial charge in [0.25, 0.3) is 0 Å². The van der Waals surface area contributed by atoms with Crippen molar-refractivity contribution in [3.8, 4) is 17.6 Å². The summed E-state index contributed by atoms with van der Waals surface area (Å²) in [5, 5.41) is 0. The number of alkyl halides is 1. The maximum atomic E-state index is 13.8. The monoisotopic (exact) mass is 294 g/mol. The first kappa shape index (κ1) is 15.2. The molecule has 3 unspecified atom stereocenters. The van der Waals surface area contributed by atoms with Crippen LogP contribution in [-0.4, -0.2) is 12.0 Å². The maximum absolute atomic E-state index is 13.8. The Hall–Kier alpha value is -1.20. The van der Waals surface area contributed by atoms with Crippen LogP contribution in [-0.2, 0) is 0 Å². The van der Waals surface area contributed by atoms with E-state index in [2.05, 4.69) is 25.7 Å². The molecule has 1 aromatic rings. The van der Waals surface area contributed by atoms with Crippen molar-refractivity contribution >= 4 is 11.6 Å². The second kappa shape index (κ2) is 6.99. The molecule has 0 aliphatic heterocycles. The summed E-state index contributed by atoms with van der Waals surface area (Å²) in [7, 11) is 0. The van der Waals surface area contributed by atoms with Crippen LogP contribution in [0.1, 0.15) is 38.7 Å². The van der Waals surface area contributed by atoms with Crippen LogP contribution >= 0.6 is 11.6 Å². The average Bonchev–Trinajstić information content (AvgIpc) is 2.42. The van der Waals surface area contributed by atoms with Gasteiger partial charge in [-0.1, -0.05) is 25.7 Å². The van der Waals surface area contributed by atoms with E-state index < -0.39 is 0 Å². The number of halogens is 2. The molecule has 1 nitrogen and oxygen atoms in total. The fraction of sp³-hybridized carbons (Fsp3) is 0.529. The van der Waals surface area contributed by atoms with Gasteiger partial charge in [0, 0.05) is 6.07 Å². The normalized spacial score (nSPS) is 25.7. The van der Waals surface area contributed by atoms with E-state index >= 15 is 0 Å². The number of hydrogen-bond donors (Lipinski definition) is 0. The maximum Gasteiger partial charge on any atom is 0.142 e. The molecule has 0 saturated heterocycles. The molecular formula is C17H20ClFO. The van der Waals surface area contributed by atoms with E-state index in [0.29, 0.717) is 17.2 Å². The van der Waals surface area contributed by atoms with Crippen LogP contribution in [0.25, 0.3) is 0 Å². The van der Waals surface area contributed by atoms with Crippen LogP contribution in [0.2, 0.25) is 0 Å². The molecule has 3 heteroatoms. The van der Waals surface area contributed by atoms with Crippen LogP contribution in [0.4, 0.5) is 4.39 Å². The zero-order valence-electron chi connectivity index (χ0n) is 12.0. The Morgan fingerprint density at radius 3 is 2.75 bits per heavy atom. The van der Waals surface area contributed by atoms with Crippen LogP contribution in [0.3, 0.4) is 0 Å². The van der Waals surface area contributed by atoms with Gasteiger partial charge < -0.3 is 4.74 Å². The zero-order chi connectivity index (χ0) is 14.5. The van der Waals surface area contributed by atoms with E-state index in [1.807, 2.05) is 0 Å². The molecular weight excluding hydrogens is 275 g/mol. The third kappa shape index (κ3) is 3.90. The van der Waals surface area contributed by atoms with Crippen molar-refractivity contribution < 1.29 is 9.13 Å². The van der Waals surface area contributed by atoms with E-state index in [4.69, 9.17) is 16.3 Å². The third-order valence-corrected chi connectivity index (χ3v) is 4.22. The Kier molecular flexibility index (Phi) is 5.31. The van der Waals surface area contributed by atoms with Crippen molar-refractivity contribution in [3.05, 3.63) is 29.6 Å². The molecule has 108 valence electrons. The fourth-order valence-electron chi connectivity index (χ4n) is 2.60. The zero-order valence-corrected chi connectivity index (χ0v) is 12.7. The second-order valence-electron chi connectivity index (χ2n) is 5.58. The van der Waals surface area contributed by atoms with E-state index in [1.54, 1.807) is 12.1 Å². The quantitative estimate of drug-likeness (QED) is 0.571. The average molecular weight is 295 g/mol. The number of benzene rings is 1. The van der Waals surface area contributed by atoms with Gasteiger partial charge in [-0.3, -0.25) is 0 Å². The van der Waals surface area contributed by atoms with Gasteiger partial charge in [-0.15, -0.1) is 11.6 Å². The summed E-state index contributed by atoms with van der Waals surface area (Å²) in [5.74, 6) is 7.20. The second-order valence-corrected chi connectivity index (χ2v) is 5.85. The highest BCUT2D eigenvalue weighted by atomic mass is 35.5. The summed E-state index contributed by atoms with van der Waals surface area (Å²) in [6.07, 6.45) is 3.45. The summed E-state index contributed by atoms with van der Waals surface area (Å²) in [4.78, 5) is 0. The Morgan fingerprint density at radius 1 is 1.30 bits per heavy atom. The van der Waals surface area contributed by atoms with Crippen molar-refractivity contribution in [2.75, 3.05) is 5.88 Å². The van der Waals surface area contributed by atoms with E-state index in [1.165, 1.54) is 12.5 Å². The highest BCUT2D eigenvalue weighted by Gasteiger charge is 2.25. The molecule has 0 aromatic heterocycles. The Bertz CT molecular complexity index is 517. The molecule has 0 amide bonds. The molecule has 0 N–H and O–H groups in total. The molecule has 0 spiro atoms. The fourth-order valence-corrected chi connectivity index (χ4v) is 2.66. The highest BCUT2D eigenvalue weighted by molar-refractivity contribution is 6.19. The molecule has 2 rings (SSSR count). The minimum atomic E-state index is -0.350. The van der Waals surface area contributed by atoms with Crippen molar-refractivity contribution in [2.45, 2.75) is 39.2 Å². The minimum absolute atomic E-state index is 0.195. The minimum Gasteiger partial charge on any atom is -0.490 e. The van der Waals surface area contributed by atoms with Crippen LogP contribution in [0.5, 0.6) is 5.75 Å². The van der Waals surface area contributed by atoms with Gasteiger partial charge in [0.2, 0.25) is 0 Å². The van der Waals surface area contributed by atoms with Crippen LogP contribution < -0.4 is 4.74 Å². The van der Waals surface area contributed by atoms with Crippen molar-refractivity contribution in [2.24, 2.45) is 11.8 Å². The Balaban J connectivity index is 2.02. The van der Waals surface area contributed by atoms with E-state index in [0.717, 1.165) is 18.8 Å². The summed E-state index contributed by atoms with van der Waals surface area (Å²) in [6, 6.07) is 4.85. The Labute approximate surface area is 125 Å². The first-order chi connectivity index (χ1) is 9.60. The summed E-state index contributed by atoms with van der Waals surface area (Å²) in [5.41, 5.74) is 0.364. The molecule has 1 fully saturated rings. The van der Waals surface area contributed by atoms with Crippen molar-refractivity contribution in [1.82, 2.24) is 0 Å². The number of rotatable bonds is 2. The van der Waals surface area contributed by atoms with Gasteiger partial charge in [0.15, 0.2) is 0 Å². The molecule has 1 aliphatic carbocycles. The SMILES string of the molecule is CC1CCC(Oc2ccc(C#CCCl)c(F)c2)CC1C. The molecule has 0 heterocycles. The predicted octanol–water partition coefficient (Wildman–Crippen LogP) is 4.62. The molecule has 3 atom stereocenters. The van der Waals surface area contributed by atoms with Gasteiger partial charge in [0.1, 0.15) is 11.6 Å². The van der Waals surface area contributed by atoms with Gasteiger partial charge in [-0.25, -0.2) is 4.39 Å². The molecule has 1 aromatic carbocycles. The molecule has 0 bridgehead atoms. The summed E-state index contributed by atoms with van der Waals surface area (Å²) >= 11 is 5.47. The van der Waals surface area contributed by atoms with Gasteiger partial charge in [0.05, 0.1) is 17.5 Å². The van der Waals surface area contributed by atoms with Crippen LogP contribution in [0.15, 0.2) is 18.2 Å². The number of ether oxygens (including phenoxy) is 1. The van der Waals surface area contributed by atoms with E-state index in [-0.39, 0.29) is 17.8 Å². The summed E-state index contributed by atoms with van der Waals surface area (Å²) in [6.45, 7) is 4.54. The first-order valence-electron chi connectivity index (χ1n) is 7.11. The molecule has 0 radical (unpaired) electrons. The van der Waals surface area contributed by atoms with Gasteiger partial charge in [-0.2, -0.15) is 0 Å². The Morgan fingerprint density at radius 2 is 2.10 bits per heavy atom. The van der Waals surface area contributed by atoms with Crippen molar-refractivity contribution in [3.63, 3.8) is 0 Å². The van der Waals surface area contributed by atoms with E-state index in [9.17, 15) is 4.39 Å². The first-order valence-corrected chi connectivity index (χ1v) is 7.64.